The summed E-state index contributed by atoms with van der Waals surface area (Å²) in [5.74, 6) is 0.328. The Hall–Kier alpha value is -1.96. The van der Waals surface area contributed by atoms with Gasteiger partial charge in [-0.15, -0.1) is 24.8 Å². The Morgan fingerprint density at radius 1 is 1.38 bits per heavy atom. The Labute approximate surface area is 153 Å². The highest BCUT2D eigenvalue weighted by atomic mass is 35.5. The van der Waals surface area contributed by atoms with Crippen molar-refractivity contribution in [1.82, 2.24) is 10.3 Å². The van der Waals surface area contributed by atoms with Crippen LogP contribution in [0.25, 0.3) is 10.9 Å². The Balaban J connectivity index is 0.00000264. The lowest BCUT2D eigenvalue weighted by molar-refractivity contribution is 0.0998. The third-order valence-electron chi connectivity index (χ3n) is 3.29. The van der Waals surface area contributed by atoms with E-state index in [1.54, 1.807) is 13.1 Å². The number of H-pyrrole nitrogens is 1. The summed E-state index contributed by atoms with van der Waals surface area (Å²) in [5.41, 5.74) is 13.2. The van der Waals surface area contributed by atoms with Crippen LogP contribution in [-0.4, -0.2) is 37.1 Å². The van der Waals surface area contributed by atoms with E-state index in [4.69, 9.17) is 16.2 Å². The third kappa shape index (κ3) is 5.02. The smallest absolute Gasteiger partial charge is 0.296 e. The Morgan fingerprint density at radius 2 is 2.08 bits per heavy atom. The largest absolute Gasteiger partial charge is 0.491 e. The van der Waals surface area contributed by atoms with Gasteiger partial charge in [-0.1, -0.05) is 6.07 Å². The molecule has 0 atom stereocenters. The second-order valence-electron chi connectivity index (χ2n) is 4.90. The molecule has 0 aliphatic rings. The first kappa shape index (κ1) is 22.0. The van der Waals surface area contributed by atoms with Crippen molar-refractivity contribution in [3.8, 4) is 5.75 Å². The minimum Gasteiger partial charge on any atom is -0.491 e. The number of halogens is 2. The SMILES string of the molecule is CNC(N)=NC(=O)c1cc2c(C)ccc(OCCCN)c2[nH]1.Cl.Cl. The van der Waals surface area contributed by atoms with Gasteiger partial charge in [0.1, 0.15) is 11.4 Å². The summed E-state index contributed by atoms with van der Waals surface area (Å²) in [5, 5.41) is 3.54. The van der Waals surface area contributed by atoms with Gasteiger partial charge < -0.3 is 26.5 Å². The highest BCUT2D eigenvalue weighted by Gasteiger charge is 2.13. The zero-order valence-corrected chi connectivity index (χ0v) is 15.2. The van der Waals surface area contributed by atoms with Gasteiger partial charge in [-0.2, -0.15) is 4.99 Å². The number of nitrogens with two attached hydrogens (primary N) is 2. The van der Waals surface area contributed by atoms with Crippen LogP contribution in [0.5, 0.6) is 5.75 Å². The lowest BCUT2D eigenvalue weighted by Crippen LogP contribution is -2.28. The fourth-order valence-electron chi connectivity index (χ4n) is 2.06. The fraction of sp³-hybridized carbons (Fsp3) is 0.333. The summed E-state index contributed by atoms with van der Waals surface area (Å²) in [6, 6.07) is 5.59. The van der Waals surface area contributed by atoms with Crippen molar-refractivity contribution in [2.24, 2.45) is 16.5 Å². The molecule has 9 heteroatoms. The average Bonchev–Trinajstić information content (AvgIpc) is 2.96. The van der Waals surface area contributed by atoms with Gasteiger partial charge in [-0.25, -0.2) is 0 Å². The molecule has 1 heterocycles. The van der Waals surface area contributed by atoms with Crippen molar-refractivity contribution >= 4 is 47.6 Å². The van der Waals surface area contributed by atoms with Crippen LogP contribution in [0.2, 0.25) is 0 Å². The van der Waals surface area contributed by atoms with Crippen LogP contribution >= 0.6 is 24.8 Å². The summed E-state index contributed by atoms with van der Waals surface area (Å²) >= 11 is 0. The van der Waals surface area contributed by atoms with E-state index in [1.807, 2.05) is 19.1 Å². The molecule has 7 nitrogen and oxygen atoms in total. The molecule has 2 aromatic rings. The van der Waals surface area contributed by atoms with Crippen molar-refractivity contribution in [2.45, 2.75) is 13.3 Å². The van der Waals surface area contributed by atoms with Crippen molar-refractivity contribution in [2.75, 3.05) is 20.2 Å². The number of hydrogen-bond donors (Lipinski definition) is 4. The number of aryl methyl sites for hydroxylation is 1. The van der Waals surface area contributed by atoms with Crippen LogP contribution < -0.4 is 21.5 Å². The molecule has 24 heavy (non-hydrogen) atoms. The summed E-state index contributed by atoms with van der Waals surface area (Å²) in [6.45, 7) is 3.07. The van der Waals surface area contributed by atoms with E-state index in [9.17, 15) is 4.79 Å². The van der Waals surface area contributed by atoms with Crippen LogP contribution in [0, 0.1) is 6.92 Å². The number of nitrogens with one attached hydrogen (secondary N) is 2. The lowest BCUT2D eigenvalue weighted by atomic mass is 10.1. The topological polar surface area (TPSA) is 119 Å². The number of benzene rings is 1. The van der Waals surface area contributed by atoms with Crippen molar-refractivity contribution in [3.63, 3.8) is 0 Å². The minimum absolute atomic E-state index is 0. The zero-order chi connectivity index (χ0) is 16.1. The summed E-state index contributed by atoms with van der Waals surface area (Å²) in [4.78, 5) is 18.9. The molecule has 1 amide bonds. The predicted molar refractivity (Wildman–Crippen MR) is 102 cm³/mol. The maximum Gasteiger partial charge on any atom is 0.296 e. The molecule has 0 unspecified atom stereocenters. The first-order valence-corrected chi connectivity index (χ1v) is 7.08. The van der Waals surface area contributed by atoms with E-state index in [-0.39, 0.29) is 30.8 Å². The van der Waals surface area contributed by atoms with Gasteiger partial charge in [0, 0.05) is 12.4 Å². The molecular formula is C15H23Cl2N5O2. The van der Waals surface area contributed by atoms with Crippen LogP contribution in [0.15, 0.2) is 23.2 Å². The number of nitrogens with zero attached hydrogens (tertiary/aromatic N) is 1. The molecule has 0 fully saturated rings. The number of aliphatic imine (C=N–C) groups is 1. The summed E-state index contributed by atoms with van der Waals surface area (Å²) < 4.78 is 5.71. The van der Waals surface area contributed by atoms with E-state index in [0.717, 1.165) is 22.9 Å². The number of hydrogen-bond acceptors (Lipinski definition) is 3. The Bertz CT molecular complexity index is 715. The van der Waals surface area contributed by atoms with E-state index < -0.39 is 5.91 Å². The summed E-state index contributed by atoms with van der Waals surface area (Å²) in [6.07, 6.45) is 0.769. The van der Waals surface area contributed by atoms with E-state index in [0.29, 0.717) is 24.6 Å². The number of carbonyl (C=O) groups excluding carboxylic acids is 1. The molecule has 1 aromatic carbocycles. The Morgan fingerprint density at radius 3 is 2.71 bits per heavy atom. The Kier molecular flexibility index (Phi) is 9.20. The maximum absolute atomic E-state index is 12.1. The van der Waals surface area contributed by atoms with Crippen LogP contribution in [0.1, 0.15) is 22.5 Å². The van der Waals surface area contributed by atoms with Gasteiger partial charge in [-0.05, 0) is 37.6 Å². The molecule has 0 aliphatic heterocycles. The maximum atomic E-state index is 12.1. The number of ether oxygens (including phenoxy) is 1. The highest BCUT2D eigenvalue weighted by molar-refractivity contribution is 6.05. The van der Waals surface area contributed by atoms with E-state index in [1.165, 1.54) is 0 Å². The standard InChI is InChI=1S/C15H21N5O2.2ClH/c1-9-4-5-12(22-7-3-6-16)13-10(9)8-11(19-13)14(21)20-15(17)18-2;;/h4-5,8,19H,3,6-7,16H2,1-2H3,(H3,17,18,20,21);2*1H. The second kappa shape index (κ2) is 10.0. The first-order valence-electron chi connectivity index (χ1n) is 7.08. The predicted octanol–water partition coefficient (Wildman–Crippen LogP) is 1.72. The zero-order valence-electron chi connectivity index (χ0n) is 13.6. The van der Waals surface area contributed by atoms with Crippen molar-refractivity contribution < 1.29 is 9.53 Å². The van der Waals surface area contributed by atoms with Crippen LogP contribution in [0.4, 0.5) is 0 Å². The molecule has 0 saturated carbocycles. The average molecular weight is 376 g/mol. The highest BCUT2D eigenvalue weighted by Crippen LogP contribution is 2.29. The number of guanidine groups is 1. The number of fused-ring (bicyclic) bond motifs is 1. The second-order valence-corrected chi connectivity index (χ2v) is 4.90. The van der Waals surface area contributed by atoms with Crippen LogP contribution in [-0.2, 0) is 0 Å². The van der Waals surface area contributed by atoms with Gasteiger partial charge in [0.15, 0.2) is 5.96 Å². The molecular weight excluding hydrogens is 353 g/mol. The number of rotatable bonds is 5. The van der Waals surface area contributed by atoms with Crippen molar-refractivity contribution in [3.05, 3.63) is 29.5 Å². The third-order valence-corrected chi connectivity index (χ3v) is 3.29. The van der Waals surface area contributed by atoms with Crippen LogP contribution in [0.3, 0.4) is 0 Å². The quantitative estimate of drug-likeness (QED) is 0.360. The molecule has 0 aliphatic carbocycles. The number of amides is 1. The fourth-order valence-corrected chi connectivity index (χ4v) is 2.06. The lowest BCUT2D eigenvalue weighted by Gasteiger charge is -2.07. The van der Waals surface area contributed by atoms with Gasteiger partial charge in [0.2, 0.25) is 0 Å². The number of aromatic nitrogens is 1. The molecule has 0 radical (unpaired) electrons. The monoisotopic (exact) mass is 375 g/mol. The van der Waals surface area contributed by atoms with Gasteiger partial charge in [0.25, 0.3) is 5.91 Å². The molecule has 134 valence electrons. The molecule has 0 spiro atoms. The number of carbonyl (C=O) groups is 1. The summed E-state index contributed by atoms with van der Waals surface area (Å²) in [7, 11) is 1.60. The molecule has 0 bridgehead atoms. The molecule has 0 saturated heterocycles. The molecule has 2 rings (SSSR count). The van der Waals surface area contributed by atoms with Crippen molar-refractivity contribution in [1.29, 1.82) is 0 Å². The first-order chi connectivity index (χ1) is 10.6. The normalized spacial score (nSPS) is 10.7. The van der Waals surface area contributed by atoms with Gasteiger partial charge in [0.05, 0.1) is 12.1 Å². The van der Waals surface area contributed by atoms with E-state index in [2.05, 4.69) is 15.3 Å². The van der Waals surface area contributed by atoms with Gasteiger partial charge >= 0.3 is 0 Å². The molecule has 6 N–H and O–H groups in total. The van der Waals surface area contributed by atoms with Gasteiger partial charge in [-0.3, -0.25) is 4.79 Å². The number of aromatic amines is 1. The molecule has 1 aromatic heterocycles. The van der Waals surface area contributed by atoms with E-state index >= 15 is 0 Å². The minimum atomic E-state index is -0.435.